The Hall–Kier alpha value is -3.13. The van der Waals surface area contributed by atoms with Gasteiger partial charge in [0.1, 0.15) is 4.90 Å². The number of primary amides is 1. The van der Waals surface area contributed by atoms with Crippen molar-refractivity contribution in [3.63, 3.8) is 0 Å². The van der Waals surface area contributed by atoms with Crippen LogP contribution in [0.3, 0.4) is 0 Å². The molecule has 3 rings (SSSR count). The summed E-state index contributed by atoms with van der Waals surface area (Å²) in [6.07, 6.45) is 2.77. The number of sulfonamides is 1. The van der Waals surface area contributed by atoms with Crippen molar-refractivity contribution in [1.29, 1.82) is 0 Å². The Bertz CT molecular complexity index is 1030. The Balaban J connectivity index is 2.03. The summed E-state index contributed by atoms with van der Waals surface area (Å²) in [5.74, 6) is -0.548. The van der Waals surface area contributed by atoms with E-state index in [0.29, 0.717) is 28.2 Å². The number of carbonyl (C=O) groups is 1. The normalized spacial score (nSPS) is 11.2. The number of nitrogens with one attached hydrogen (secondary N) is 2. The van der Waals surface area contributed by atoms with Crippen molar-refractivity contribution in [1.82, 2.24) is 9.97 Å². The highest BCUT2D eigenvalue weighted by molar-refractivity contribution is 7.92. The summed E-state index contributed by atoms with van der Waals surface area (Å²) >= 11 is 0. The second kappa shape index (κ2) is 6.40. The second-order valence-corrected chi connectivity index (χ2v) is 7.11. The lowest BCUT2D eigenvalue weighted by Gasteiger charge is -2.11. The smallest absolute Gasteiger partial charge is 0.263 e. The zero-order valence-electron chi connectivity index (χ0n) is 13.4. The molecule has 0 fully saturated rings. The molecule has 2 aromatic heterocycles. The fraction of sp³-hybridized carbons (Fsp3) is 0.0588. The van der Waals surface area contributed by atoms with Gasteiger partial charge < -0.3 is 10.7 Å². The number of aromatic nitrogens is 2. The average molecular weight is 356 g/mol. The maximum absolute atomic E-state index is 12.5. The van der Waals surface area contributed by atoms with Crippen molar-refractivity contribution in [3.8, 4) is 11.3 Å². The van der Waals surface area contributed by atoms with Crippen LogP contribution in [0.15, 0.2) is 59.8 Å². The number of nitrogens with zero attached hydrogens (tertiary/aromatic N) is 1. The number of hydrogen-bond donors (Lipinski definition) is 3. The van der Waals surface area contributed by atoms with Gasteiger partial charge in [-0.15, -0.1) is 0 Å². The molecule has 0 aliphatic carbocycles. The maximum atomic E-state index is 12.5. The molecule has 25 heavy (non-hydrogen) atoms. The number of rotatable bonds is 5. The van der Waals surface area contributed by atoms with E-state index in [1.54, 1.807) is 43.3 Å². The van der Waals surface area contributed by atoms with Crippen LogP contribution in [0.4, 0.5) is 5.69 Å². The van der Waals surface area contributed by atoms with E-state index in [4.69, 9.17) is 5.73 Å². The zero-order chi connectivity index (χ0) is 18.0. The number of amides is 1. The van der Waals surface area contributed by atoms with Gasteiger partial charge in [0.2, 0.25) is 0 Å². The molecular formula is C17H16N4O3S. The Morgan fingerprint density at radius 1 is 1.20 bits per heavy atom. The molecule has 1 aromatic carbocycles. The average Bonchev–Trinajstić information content (AvgIpc) is 2.98. The molecule has 1 amide bonds. The summed E-state index contributed by atoms with van der Waals surface area (Å²) in [5, 5.41) is 0. The number of pyridine rings is 1. The predicted molar refractivity (Wildman–Crippen MR) is 94.5 cm³/mol. The van der Waals surface area contributed by atoms with E-state index in [9.17, 15) is 13.2 Å². The Kier molecular flexibility index (Phi) is 4.28. The number of aromatic amines is 1. The summed E-state index contributed by atoms with van der Waals surface area (Å²) in [6, 6.07) is 11.5. The molecular weight excluding hydrogens is 340 g/mol. The molecule has 0 atom stereocenters. The maximum Gasteiger partial charge on any atom is 0.263 e. The van der Waals surface area contributed by atoms with E-state index < -0.39 is 15.9 Å². The van der Waals surface area contributed by atoms with Gasteiger partial charge in [-0.3, -0.25) is 14.5 Å². The third-order valence-electron chi connectivity index (χ3n) is 3.69. The monoisotopic (exact) mass is 356 g/mol. The predicted octanol–water partition coefficient (Wildman–Crippen LogP) is 2.28. The van der Waals surface area contributed by atoms with Crippen molar-refractivity contribution in [2.45, 2.75) is 11.8 Å². The summed E-state index contributed by atoms with van der Waals surface area (Å²) in [4.78, 5) is 18.4. The molecule has 0 bridgehead atoms. The van der Waals surface area contributed by atoms with E-state index in [0.717, 1.165) is 0 Å². The number of para-hydroxylation sites is 1. The lowest BCUT2D eigenvalue weighted by atomic mass is 10.1. The van der Waals surface area contributed by atoms with Crippen LogP contribution in [0.1, 0.15) is 16.1 Å². The van der Waals surface area contributed by atoms with Crippen molar-refractivity contribution in [2.24, 2.45) is 5.73 Å². The first-order chi connectivity index (χ1) is 11.9. The minimum Gasteiger partial charge on any atom is -0.366 e. The highest BCUT2D eigenvalue weighted by Gasteiger charge is 2.18. The molecule has 8 heteroatoms. The first-order valence-corrected chi connectivity index (χ1v) is 8.88. The van der Waals surface area contributed by atoms with Gasteiger partial charge in [-0.25, -0.2) is 8.42 Å². The van der Waals surface area contributed by atoms with Crippen molar-refractivity contribution in [2.75, 3.05) is 4.72 Å². The molecule has 0 saturated carbocycles. The van der Waals surface area contributed by atoms with E-state index >= 15 is 0 Å². The van der Waals surface area contributed by atoms with Gasteiger partial charge in [0, 0.05) is 29.3 Å². The third kappa shape index (κ3) is 3.38. The first-order valence-electron chi connectivity index (χ1n) is 7.40. The number of hydrogen-bond acceptors (Lipinski definition) is 4. The number of nitrogens with two attached hydrogens (primary N) is 1. The molecule has 7 nitrogen and oxygen atoms in total. The lowest BCUT2D eigenvalue weighted by Crippen LogP contribution is -2.13. The van der Waals surface area contributed by atoms with Gasteiger partial charge in [-0.05, 0) is 31.2 Å². The molecule has 3 aromatic rings. The topological polar surface area (TPSA) is 118 Å². The molecule has 0 unspecified atom stereocenters. The Labute approximate surface area is 145 Å². The van der Waals surface area contributed by atoms with E-state index in [1.165, 1.54) is 18.5 Å². The van der Waals surface area contributed by atoms with Crippen molar-refractivity contribution < 1.29 is 13.2 Å². The summed E-state index contributed by atoms with van der Waals surface area (Å²) < 4.78 is 27.6. The van der Waals surface area contributed by atoms with Crippen LogP contribution in [-0.4, -0.2) is 24.3 Å². The van der Waals surface area contributed by atoms with Crippen molar-refractivity contribution >= 4 is 21.6 Å². The number of benzene rings is 1. The van der Waals surface area contributed by atoms with Crippen LogP contribution < -0.4 is 10.5 Å². The standard InChI is InChI=1S/C17H16N4O3S/c1-11-14(17(18)22)9-16(20-11)13-6-2-3-7-15(13)21-25(23,24)12-5-4-8-19-10-12/h2-10,20-21H,1H3,(H2,18,22). The Morgan fingerprint density at radius 3 is 2.60 bits per heavy atom. The van der Waals surface area contributed by atoms with Gasteiger partial charge in [-0.2, -0.15) is 0 Å². The van der Waals surface area contributed by atoms with Gasteiger partial charge >= 0.3 is 0 Å². The lowest BCUT2D eigenvalue weighted by molar-refractivity contribution is 0.1000. The van der Waals surface area contributed by atoms with Crippen LogP contribution >= 0.6 is 0 Å². The SMILES string of the molecule is Cc1[nH]c(-c2ccccc2NS(=O)(=O)c2cccnc2)cc1C(N)=O. The summed E-state index contributed by atoms with van der Waals surface area (Å²) in [7, 11) is -3.78. The van der Waals surface area contributed by atoms with Crippen LogP contribution in [0.5, 0.6) is 0 Å². The van der Waals surface area contributed by atoms with Gasteiger partial charge in [0.15, 0.2) is 0 Å². The van der Waals surface area contributed by atoms with E-state index in [1.807, 2.05) is 0 Å². The second-order valence-electron chi connectivity index (χ2n) is 5.43. The molecule has 0 spiro atoms. The van der Waals surface area contributed by atoms with Gasteiger partial charge in [0.05, 0.1) is 11.3 Å². The quantitative estimate of drug-likeness (QED) is 0.650. The third-order valence-corrected chi connectivity index (χ3v) is 5.04. The highest BCUT2D eigenvalue weighted by atomic mass is 32.2. The van der Waals surface area contributed by atoms with Crippen LogP contribution in [0.2, 0.25) is 0 Å². The largest absolute Gasteiger partial charge is 0.366 e. The molecule has 4 N–H and O–H groups in total. The Morgan fingerprint density at radius 2 is 1.96 bits per heavy atom. The van der Waals surface area contributed by atoms with Crippen LogP contribution in [0.25, 0.3) is 11.3 Å². The summed E-state index contributed by atoms with van der Waals surface area (Å²) in [5.41, 5.74) is 7.90. The fourth-order valence-corrected chi connectivity index (χ4v) is 3.52. The van der Waals surface area contributed by atoms with E-state index in [-0.39, 0.29) is 4.90 Å². The van der Waals surface area contributed by atoms with E-state index in [2.05, 4.69) is 14.7 Å². The van der Waals surface area contributed by atoms with Gasteiger partial charge in [0.25, 0.3) is 15.9 Å². The molecule has 0 saturated heterocycles. The number of anilines is 1. The van der Waals surface area contributed by atoms with Crippen LogP contribution in [0, 0.1) is 6.92 Å². The van der Waals surface area contributed by atoms with Crippen molar-refractivity contribution in [3.05, 3.63) is 66.1 Å². The highest BCUT2D eigenvalue weighted by Crippen LogP contribution is 2.30. The fourth-order valence-electron chi connectivity index (χ4n) is 2.48. The molecule has 0 aliphatic rings. The number of aryl methyl sites for hydroxylation is 1. The number of H-pyrrole nitrogens is 1. The van der Waals surface area contributed by atoms with Gasteiger partial charge in [-0.1, -0.05) is 18.2 Å². The molecule has 0 radical (unpaired) electrons. The molecule has 128 valence electrons. The molecule has 2 heterocycles. The number of carbonyl (C=O) groups excluding carboxylic acids is 1. The minimum absolute atomic E-state index is 0.0605. The molecule has 0 aliphatic heterocycles. The minimum atomic E-state index is -3.78. The first kappa shape index (κ1) is 16.7. The summed E-state index contributed by atoms with van der Waals surface area (Å²) in [6.45, 7) is 1.73. The zero-order valence-corrected chi connectivity index (χ0v) is 14.2. The van der Waals surface area contributed by atoms with Crippen LogP contribution in [-0.2, 0) is 10.0 Å².